The van der Waals surface area contributed by atoms with Gasteiger partial charge >= 0.3 is 8.03 Å². The average molecular weight is 156 g/mol. The minimum Gasteiger partial charge on any atom is -0.161 e. The van der Waals surface area contributed by atoms with Crippen LogP contribution in [-0.2, 0) is 4.57 Å². The van der Waals surface area contributed by atoms with Gasteiger partial charge in [0.25, 0.3) is 0 Å². The van der Waals surface area contributed by atoms with Crippen LogP contribution in [0.15, 0.2) is 0 Å². The van der Waals surface area contributed by atoms with Crippen molar-refractivity contribution < 1.29 is 9.46 Å². The molecule has 1 atom stereocenters. The summed E-state index contributed by atoms with van der Waals surface area (Å²) in [4.78, 5) is 8.25. The Kier molecular flexibility index (Phi) is 5.73. The van der Waals surface area contributed by atoms with Crippen LogP contribution in [0.5, 0.6) is 0 Å². The normalized spacial score (nSPS) is 11.5. The molecule has 0 saturated heterocycles. The van der Waals surface area contributed by atoms with Crippen LogP contribution in [0.25, 0.3) is 0 Å². The van der Waals surface area contributed by atoms with Crippen molar-refractivity contribution in [2.75, 3.05) is 12.0 Å². The third-order valence-corrected chi connectivity index (χ3v) is 1.70. The predicted molar refractivity (Wildman–Crippen MR) is 34.6 cm³/mol. The molecule has 0 aliphatic rings. The van der Waals surface area contributed by atoms with Gasteiger partial charge in [0.15, 0.2) is 6.16 Å². The standard InChI is InChI=1S/C4H8ClO2P/c5-3-1-2-4-8(6)7/h1-4H2/p+1. The Morgan fingerprint density at radius 2 is 2.12 bits per heavy atom. The maximum Gasteiger partial charge on any atom is 0.505 e. The zero-order valence-corrected chi connectivity index (χ0v) is 6.16. The molecule has 0 spiro atoms. The number of unbranched alkanes of at least 4 members (excludes halogenated alkanes) is 1. The van der Waals surface area contributed by atoms with Gasteiger partial charge in [0.2, 0.25) is 0 Å². The van der Waals surface area contributed by atoms with Gasteiger partial charge in [-0.3, -0.25) is 0 Å². The molecular formula is C4H9ClO2P+. The first kappa shape index (κ1) is 8.35. The molecule has 4 heteroatoms. The van der Waals surface area contributed by atoms with Crippen LogP contribution in [0, 0.1) is 0 Å². The molecule has 0 aromatic rings. The summed E-state index contributed by atoms with van der Waals surface area (Å²) in [5.74, 6) is 0.586. The first-order valence-electron chi connectivity index (χ1n) is 2.47. The van der Waals surface area contributed by atoms with Crippen molar-refractivity contribution in [3.8, 4) is 0 Å². The van der Waals surface area contributed by atoms with Crippen LogP contribution in [0.3, 0.4) is 0 Å². The van der Waals surface area contributed by atoms with E-state index in [1.165, 1.54) is 0 Å². The van der Waals surface area contributed by atoms with E-state index in [0.29, 0.717) is 12.0 Å². The second-order valence-corrected chi connectivity index (χ2v) is 3.00. The molecule has 8 heavy (non-hydrogen) atoms. The topological polar surface area (TPSA) is 37.3 Å². The number of hydrogen-bond acceptors (Lipinski definition) is 1. The van der Waals surface area contributed by atoms with Gasteiger partial charge < -0.3 is 0 Å². The number of alkyl halides is 1. The molecule has 0 fully saturated rings. The largest absolute Gasteiger partial charge is 0.505 e. The first-order valence-corrected chi connectivity index (χ1v) is 4.40. The van der Waals surface area contributed by atoms with Crippen molar-refractivity contribution in [1.82, 2.24) is 0 Å². The van der Waals surface area contributed by atoms with E-state index < -0.39 is 8.03 Å². The van der Waals surface area contributed by atoms with Crippen molar-refractivity contribution in [1.29, 1.82) is 0 Å². The van der Waals surface area contributed by atoms with E-state index >= 15 is 0 Å². The summed E-state index contributed by atoms with van der Waals surface area (Å²) < 4.78 is 9.98. The van der Waals surface area contributed by atoms with E-state index in [1.54, 1.807) is 0 Å². The van der Waals surface area contributed by atoms with Crippen LogP contribution in [0.4, 0.5) is 0 Å². The van der Waals surface area contributed by atoms with E-state index in [-0.39, 0.29) is 0 Å². The second kappa shape index (κ2) is 5.49. The lowest BCUT2D eigenvalue weighted by atomic mass is 10.4. The summed E-state index contributed by atoms with van der Waals surface area (Å²) in [7, 11) is -1.92. The SMILES string of the molecule is O=[P+](O)CCCCCl. The fourth-order valence-corrected chi connectivity index (χ4v) is 1.02. The van der Waals surface area contributed by atoms with Crippen LogP contribution in [-0.4, -0.2) is 16.9 Å². The molecule has 0 amide bonds. The van der Waals surface area contributed by atoms with Crippen molar-refractivity contribution in [2.24, 2.45) is 0 Å². The molecule has 1 unspecified atom stereocenters. The summed E-state index contributed by atoms with van der Waals surface area (Å²) in [5.41, 5.74) is 0. The zero-order valence-electron chi connectivity index (χ0n) is 4.51. The van der Waals surface area contributed by atoms with Gasteiger partial charge in [-0.25, -0.2) is 0 Å². The Balaban J connectivity index is 2.82. The third kappa shape index (κ3) is 6.35. The van der Waals surface area contributed by atoms with Crippen molar-refractivity contribution in [2.45, 2.75) is 12.8 Å². The van der Waals surface area contributed by atoms with Crippen LogP contribution < -0.4 is 0 Å². The summed E-state index contributed by atoms with van der Waals surface area (Å²) in [5, 5.41) is 0. The fourth-order valence-electron chi connectivity index (χ4n) is 0.342. The summed E-state index contributed by atoms with van der Waals surface area (Å²) in [6.07, 6.45) is 1.99. The Hall–Kier alpha value is 0.350. The molecule has 1 N–H and O–H groups in total. The Labute approximate surface area is 54.7 Å². The van der Waals surface area contributed by atoms with Crippen molar-refractivity contribution in [3.63, 3.8) is 0 Å². The highest BCUT2D eigenvalue weighted by Crippen LogP contribution is 2.14. The summed E-state index contributed by atoms with van der Waals surface area (Å²) >= 11 is 5.31. The van der Waals surface area contributed by atoms with Gasteiger partial charge in [-0.05, 0) is 17.4 Å². The highest BCUT2D eigenvalue weighted by molar-refractivity contribution is 7.37. The highest BCUT2D eigenvalue weighted by Gasteiger charge is 2.06. The number of halogens is 1. The number of hydrogen-bond donors (Lipinski definition) is 1. The Bertz CT molecular complexity index is 76.4. The monoisotopic (exact) mass is 155 g/mol. The molecule has 0 aliphatic heterocycles. The van der Waals surface area contributed by atoms with Crippen LogP contribution in [0.1, 0.15) is 12.8 Å². The smallest absolute Gasteiger partial charge is 0.161 e. The quantitative estimate of drug-likeness (QED) is 0.382. The third-order valence-electron chi connectivity index (χ3n) is 0.733. The molecule has 0 bridgehead atoms. The average Bonchev–Trinajstić information content (AvgIpc) is 1.66. The minimum absolute atomic E-state index is 0.391. The molecule has 0 heterocycles. The molecule has 48 valence electrons. The number of rotatable bonds is 4. The maximum atomic E-state index is 9.98. The van der Waals surface area contributed by atoms with E-state index in [2.05, 4.69) is 0 Å². The van der Waals surface area contributed by atoms with Gasteiger partial charge in [-0.1, -0.05) is 0 Å². The van der Waals surface area contributed by atoms with Crippen LogP contribution >= 0.6 is 19.6 Å². The molecule has 0 saturated carbocycles. The Morgan fingerprint density at radius 1 is 1.50 bits per heavy atom. The minimum atomic E-state index is -1.92. The van der Waals surface area contributed by atoms with Gasteiger partial charge in [-0.2, -0.15) is 4.89 Å². The van der Waals surface area contributed by atoms with Crippen molar-refractivity contribution >= 4 is 19.6 Å². The van der Waals surface area contributed by atoms with E-state index in [4.69, 9.17) is 16.5 Å². The van der Waals surface area contributed by atoms with E-state index in [9.17, 15) is 4.57 Å². The lowest BCUT2D eigenvalue weighted by Crippen LogP contribution is -1.79. The van der Waals surface area contributed by atoms with E-state index in [0.717, 1.165) is 12.8 Å². The predicted octanol–water partition coefficient (Wildman–Crippen LogP) is 1.74. The highest BCUT2D eigenvalue weighted by atomic mass is 35.5. The van der Waals surface area contributed by atoms with Crippen LogP contribution in [0.2, 0.25) is 0 Å². The van der Waals surface area contributed by atoms with Gasteiger partial charge in [0.1, 0.15) is 0 Å². The zero-order chi connectivity index (χ0) is 6.41. The first-order chi connectivity index (χ1) is 3.77. The fraction of sp³-hybridized carbons (Fsp3) is 1.00. The maximum absolute atomic E-state index is 9.98. The van der Waals surface area contributed by atoms with Crippen molar-refractivity contribution in [3.05, 3.63) is 0 Å². The van der Waals surface area contributed by atoms with E-state index in [1.807, 2.05) is 0 Å². The molecule has 0 radical (unpaired) electrons. The molecule has 2 nitrogen and oxygen atoms in total. The molecule has 0 aromatic heterocycles. The molecule has 0 rings (SSSR count). The summed E-state index contributed by atoms with van der Waals surface area (Å²) in [6, 6.07) is 0. The van der Waals surface area contributed by atoms with Gasteiger partial charge in [0.05, 0.1) is 0 Å². The second-order valence-electron chi connectivity index (χ2n) is 1.47. The van der Waals surface area contributed by atoms with Gasteiger partial charge in [0, 0.05) is 5.88 Å². The van der Waals surface area contributed by atoms with Gasteiger partial charge in [-0.15, -0.1) is 11.6 Å². The summed E-state index contributed by atoms with van der Waals surface area (Å²) in [6.45, 7) is 0. The lowest BCUT2D eigenvalue weighted by Gasteiger charge is -1.81. The molecule has 0 aliphatic carbocycles. The Morgan fingerprint density at radius 3 is 2.50 bits per heavy atom. The molecular weight excluding hydrogens is 146 g/mol. The lowest BCUT2D eigenvalue weighted by molar-refractivity contribution is 0.501. The molecule has 0 aromatic carbocycles.